The van der Waals surface area contributed by atoms with Gasteiger partial charge in [-0.2, -0.15) is 5.10 Å². The van der Waals surface area contributed by atoms with Gasteiger partial charge in [0.25, 0.3) is 0 Å². The number of carbonyl (C=O) groups is 1. The van der Waals surface area contributed by atoms with Crippen molar-refractivity contribution >= 4 is 17.4 Å². The van der Waals surface area contributed by atoms with Crippen LogP contribution in [0.5, 0.6) is 11.6 Å². The largest absolute Gasteiger partial charge is 0.438 e. The first-order chi connectivity index (χ1) is 16.6. The van der Waals surface area contributed by atoms with Crippen LogP contribution in [-0.2, 0) is 5.41 Å². The summed E-state index contributed by atoms with van der Waals surface area (Å²) >= 11 is 0. The van der Waals surface area contributed by atoms with E-state index in [1.54, 1.807) is 35.0 Å². The van der Waals surface area contributed by atoms with Crippen LogP contribution in [0.4, 0.5) is 16.2 Å². The van der Waals surface area contributed by atoms with Crippen LogP contribution in [0, 0.1) is 20.8 Å². The molecule has 35 heavy (non-hydrogen) atoms. The Kier molecular flexibility index (Phi) is 6.55. The Labute approximate surface area is 205 Å². The molecule has 0 saturated carbocycles. The van der Waals surface area contributed by atoms with Gasteiger partial charge in [0.15, 0.2) is 5.82 Å². The van der Waals surface area contributed by atoms with Gasteiger partial charge in [-0.3, -0.25) is 0 Å². The molecule has 2 N–H and O–H groups in total. The highest BCUT2D eigenvalue weighted by atomic mass is 16.5. The molecule has 8 nitrogen and oxygen atoms in total. The first-order valence-electron chi connectivity index (χ1n) is 11.4. The minimum Gasteiger partial charge on any atom is -0.438 e. The third-order valence-corrected chi connectivity index (χ3v) is 5.84. The predicted octanol–water partition coefficient (Wildman–Crippen LogP) is 6.32. The molecular weight excluding hydrogens is 440 g/mol. The quantitative estimate of drug-likeness (QED) is 0.356. The number of nitrogens with zero attached hydrogens (tertiary/aromatic N) is 4. The number of hydrogen-bond donors (Lipinski definition) is 2. The van der Waals surface area contributed by atoms with Gasteiger partial charge >= 0.3 is 6.03 Å². The van der Waals surface area contributed by atoms with Gasteiger partial charge in [-0.15, -0.1) is 10.2 Å². The fraction of sp³-hybridized carbons (Fsp3) is 0.259. The second kappa shape index (κ2) is 9.58. The zero-order valence-electron chi connectivity index (χ0n) is 20.9. The van der Waals surface area contributed by atoms with Crippen molar-refractivity contribution < 1.29 is 9.53 Å². The molecule has 0 fully saturated rings. The van der Waals surface area contributed by atoms with E-state index in [0.717, 1.165) is 22.6 Å². The average Bonchev–Trinajstić information content (AvgIpc) is 3.08. The summed E-state index contributed by atoms with van der Waals surface area (Å²) in [7, 11) is 0. The molecule has 0 unspecified atom stereocenters. The van der Waals surface area contributed by atoms with Gasteiger partial charge in [0, 0.05) is 23.1 Å². The van der Waals surface area contributed by atoms with Crippen LogP contribution < -0.4 is 15.4 Å². The van der Waals surface area contributed by atoms with Crippen molar-refractivity contribution in [3.05, 3.63) is 83.2 Å². The molecule has 0 aliphatic carbocycles. The first-order valence-corrected chi connectivity index (χ1v) is 11.4. The van der Waals surface area contributed by atoms with Crippen LogP contribution in [0.1, 0.15) is 43.3 Å². The van der Waals surface area contributed by atoms with Gasteiger partial charge in [0.1, 0.15) is 5.75 Å². The lowest BCUT2D eigenvalue weighted by atomic mass is 9.87. The van der Waals surface area contributed by atoms with Crippen molar-refractivity contribution in [1.82, 2.24) is 20.0 Å². The van der Waals surface area contributed by atoms with Crippen molar-refractivity contribution in [2.24, 2.45) is 0 Å². The summed E-state index contributed by atoms with van der Waals surface area (Å²) < 4.78 is 7.56. The average molecular weight is 471 g/mol. The zero-order valence-corrected chi connectivity index (χ0v) is 20.9. The monoisotopic (exact) mass is 470 g/mol. The highest BCUT2D eigenvalue weighted by Gasteiger charge is 2.14. The molecule has 0 atom stereocenters. The minimum atomic E-state index is -0.317. The van der Waals surface area contributed by atoms with Gasteiger partial charge in [-0.1, -0.05) is 32.9 Å². The molecule has 4 rings (SSSR count). The molecule has 0 aliphatic heterocycles. The number of aryl methyl sites for hydroxylation is 1. The number of benzene rings is 2. The smallest absolute Gasteiger partial charge is 0.323 e. The van der Waals surface area contributed by atoms with Crippen LogP contribution in [0.15, 0.2) is 60.7 Å². The van der Waals surface area contributed by atoms with E-state index in [1.807, 2.05) is 51.1 Å². The number of rotatable bonds is 5. The Hall–Kier alpha value is -4.20. The molecule has 0 spiro atoms. The number of aromatic nitrogens is 4. The summed E-state index contributed by atoms with van der Waals surface area (Å²) in [6.45, 7) is 12.5. The number of anilines is 2. The molecular formula is C27H30N6O2. The molecule has 0 bridgehead atoms. The Bertz CT molecular complexity index is 1320. The van der Waals surface area contributed by atoms with Crippen LogP contribution >= 0.6 is 0 Å². The Balaban J connectivity index is 1.34. The Morgan fingerprint density at radius 3 is 1.91 bits per heavy atom. The summed E-state index contributed by atoms with van der Waals surface area (Å²) in [6, 6.07) is 18.1. The Morgan fingerprint density at radius 2 is 1.43 bits per heavy atom. The third kappa shape index (κ3) is 5.66. The second-order valence-corrected chi connectivity index (χ2v) is 9.47. The number of nitrogens with one attached hydrogen (secondary N) is 2. The van der Waals surface area contributed by atoms with Crippen molar-refractivity contribution in [3.63, 3.8) is 0 Å². The van der Waals surface area contributed by atoms with Gasteiger partial charge in [0.2, 0.25) is 5.88 Å². The standard InChI is InChI=1S/C27H30N6O2/c1-17-18(2)32-33(19(17)3)24-15-16-25(31-30-24)35-23-13-11-22(12-14-23)29-26(34)28-21-9-7-20(8-10-21)27(4,5)6/h7-16H,1-6H3,(H2,28,29,34). The molecule has 2 amide bonds. The van der Waals surface area contributed by atoms with Crippen molar-refractivity contribution in [1.29, 1.82) is 0 Å². The number of amides is 2. The van der Waals surface area contributed by atoms with E-state index in [0.29, 0.717) is 23.1 Å². The molecule has 2 heterocycles. The minimum absolute atomic E-state index is 0.0648. The van der Waals surface area contributed by atoms with E-state index < -0.39 is 0 Å². The van der Waals surface area contributed by atoms with Gasteiger partial charge < -0.3 is 15.4 Å². The molecule has 0 saturated heterocycles. The number of carbonyl (C=O) groups excluding carboxylic acids is 1. The van der Waals surface area contributed by atoms with E-state index in [9.17, 15) is 4.79 Å². The second-order valence-electron chi connectivity index (χ2n) is 9.47. The predicted molar refractivity (Wildman–Crippen MR) is 138 cm³/mol. The number of urea groups is 1. The van der Waals surface area contributed by atoms with Crippen LogP contribution in [-0.4, -0.2) is 26.0 Å². The highest BCUT2D eigenvalue weighted by Crippen LogP contribution is 2.24. The highest BCUT2D eigenvalue weighted by molar-refractivity contribution is 5.99. The zero-order chi connectivity index (χ0) is 25.2. The van der Waals surface area contributed by atoms with Gasteiger partial charge in [0.05, 0.1) is 5.69 Å². The SMILES string of the molecule is Cc1nn(-c2ccc(Oc3ccc(NC(=O)Nc4ccc(C(C)(C)C)cc4)cc3)nn2)c(C)c1C. The van der Waals surface area contributed by atoms with Crippen LogP contribution in [0.25, 0.3) is 5.82 Å². The summed E-state index contributed by atoms with van der Waals surface area (Å²) in [4.78, 5) is 12.4. The van der Waals surface area contributed by atoms with Crippen molar-refractivity contribution in [2.45, 2.75) is 47.0 Å². The molecule has 0 aliphatic rings. The Morgan fingerprint density at radius 1 is 0.829 bits per heavy atom. The van der Waals surface area contributed by atoms with E-state index >= 15 is 0 Å². The molecule has 8 heteroatoms. The van der Waals surface area contributed by atoms with E-state index in [4.69, 9.17) is 4.74 Å². The fourth-order valence-electron chi connectivity index (χ4n) is 3.50. The summed E-state index contributed by atoms with van der Waals surface area (Å²) in [5.41, 5.74) is 5.77. The summed E-state index contributed by atoms with van der Waals surface area (Å²) in [6.07, 6.45) is 0. The maximum absolute atomic E-state index is 12.4. The van der Waals surface area contributed by atoms with Crippen LogP contribution in [0.3, 0.4) is 0 Å². The third-order valence-electron chi connectivity index (χ3n) is 5.84. The lowest BCUT2D eigenvalue weighted by Gasteiger charge is -2.19. The lowest BCUT2D eigenvalue weighted by molar-refractivity contribution is 0.262. The molecule has 180 valence electrons. The maximum atomic E-state index is 12.4. The normalized spacial score (nSPS) is 11.3. The molecule has 0 radical (unpaired) electrons. The molecule has 4 aromatic rings. The van der Waals surface area contributed by atoms with Crippen molar-refractivity contribution in [2.75, 3.05) is 10.6 Å². The summed E-state index contributed by atoms with van der Waals surface area (Å²) in [5.74, 6) is 1.58. The molecule has 2 aromatic carbocycles. The van der Waals surface area contributed by atoms with E-state index in [-0.39, 0.29) is 11.4 Å². The fourth-order valence-corrected chi connectivity index (χ4v) is 3.50. The first kappa shape index (κ1) is 23.9. The number of hydrogen-bond acceptors (Lipinski definition) is 5. The maximum Gasteiger partial charge on any atom is 0.323 e. The summed E-state index contributed by atoms with van der Waals surface area (Å²) in [5, 5.41) is 18.6. The van der Waals surface area contributed by atoms with E-state index in [1.165, 1.54) is 5.56 Å². The van der Waals surface area contributed by atoms with Crippen LogP contribution in [0.2, 0.25) is 0 Å². The van der Waals surface area contributed by atoms with Crippen molar-refractivity contribution in [3.8, 4) is 17.4 Å². The molecule has 2 aromatic heterocycles. The number of ether oxygens (including phenoxy) is 1. The lowest BCUT2D eigenvalue weighted by Crippen LogP contribution is -2.19. The van der Waals surface area contributed by atoms with Gasteiger partial charge in [-0.05, 0) is 79.8 Å². The van der Waals surface area contributed by atoms with E-state index in [2.05, 4.69) is 46.7 Å². The van der Waals surface area contributed by atoms with Gasteiger partial charge in [-0.25, -0.2) is 9.48 Å². The topological polar surface area (TPSA) is 94.0 Å².